The summed E-state index contributed by atoms with van der Waals surface area (Å²) in [6, 6.07) is 10.2. The molecule has 16 heavy (non-hydrogen) atoms. The number of carboxylic acid groups (broad SMARTS) is 1. The summed E-state index contributed by atoms with van der Waals surface area (Å²) >= 11 is 0. The van der Waals surface area contributed by atoms with E-state index in [-0.39, 0.29) is 0 Å². The maximum absolute atomic E-state index is 10.4. The minimum atomic E-state index is -0.898. The molecular formula is C14H16O2. The molecule has 84 valence electrons. The molecule has 0 aliphatic heterocycles. The Hall–Kier alpha value is -1.83. The summed E-state index contributed by atoms with van der Waals surface area (Å²) in [6.07, 6.45) is 6.96. The molecule has 2 heteroatoms. The van der Waals surface area contributed by atoms with Gasteiger partial charge in [-0.1, -0.05) is 42.5 Å². The number of hydrogen-bond acceptors (Lipinski definition) is 1. The Morgan fingerprint density at radius 2 is 2.00 bits per heavy atom. The van der Waals surface area contributed by atoms with E-state index in [0.717, 1.165) is 18.4 Å². The van der Waals surface area contributed by atoms with Crippen molar-refractivity contribution in [1.82, 2.24) is 0 Å². The Bertz CT molecular complexity index is 388. The number of aryl methyl sites for hydroxylation is 1. The maximum Gasteiger partial charge on any atom is 0.328 e. The average molecular weight is 216 g/mol. The smallest absolute Gasteiger partial charge is 0.328 e. The van der Waals surface area contributed by atoms with Gasteiger partial charge in [0.15, 0.2) is 0 Å². The zero-order valence-electron chi connectivity index (χ0n) is 9.39. The van der Waals surface area contributed by atoms with Gasteiger partial charge in [0.25, 0.3) is 0 Å². The lowest BCUT2D eigenvalue weighted by atomic mass is 10.1. The van der Waals surface area contributed by atoms with Crippen molar-refractivity contribution in [3.05, 3.63) is 59.7 Å². The van der Waals surface area contributed by atoms with Gasteiger partial charge >= 0.3 is 5.97 Å². The molecule has 0 saturated carbocycles. The standard InChI is InChI=1S/C14H16O2/c1-12(11-14(15)16)7-5-6-10-13-8-3-2-4-9-13/h2-5,7-9,11H,6,10H2,1H3,(H,15,16)/b7-5+,12-11+. The van der Waals surface area contributed by atoms with Crippen molar-refractivity contribution >= 4 is 5.97 Å². The first kappa shape index (κ1) is 12.2. The van der Waals surface area contributed by atoms with Crippen LogP contribution in [-0.4, -0.2) is 11.1 Å². The van der Waals surface area contributed by atoms with E-state index in [1.54, 1.807) is 6.92 Å². The third kappa shape index (κ3) is 5.15. The van der Waals surface area contributed by atoms with Crippen LogP contribution in [0, 0.1) is 0 Å². The second-order valence-corrected chi connectivity index (χ2v) is 3.65. The monoisotopic (exact) mass is 216 g/mol. The molecule has 0 bridgehead atoms. The van der Waals surface area contributed by atoms with Gasteiger partial charge in [-0.2, -0.15) is 0 Å². The summed E-state index contributed by atoms with van der Waals surface area (Å²) < 4.78 is 0. The fourth-order valence-electron chi connectivity index (χ4n) is 1.41. The lowest BCUT2D eigenvalue weighted by Gasteiger charge is -1.96. The zero-order valence-corrected chi connectivity index (χ0v) is 9.39. The predicted octanol–water partition coefficient (Wildman–Crippen LogP) is 3.21. The molecule has 0 unspecified atom stereocenters. The van der Waals surface area contributed by atoms with Crippen LogP contribution in [0.25, 0.3) is 0 Å². The van der Waals surface area contributed by atoms with E-state index in [1.807, 2.05) is 30.4 Å². The minimum Gasteiger partial charge on any atom is -0.478 e. The van der Waals surface area contributed by atoms with Crippen molar-refractivity contribution in [1.29, 1.82) is 0 Å². The number of aliphatic carboxylic acids is 1. The van der Waals surface area contributed by atoms with E-state index in [4.69, 9.17) is 5.11 Å². The molecular weight excluding hydrogens is 200 g/mol. The highest BCUT2D eigenvalue weighted by atomic mass is 16.4. The van der Waals surface area contributed by atoms with Crippen LogP contribution in [0.1, 0.15) is 18.9 Å². The van der Waals surface area contributed by atoms with Gasteiger partial charge in [0.2, 0.25) is 0 Å². The fraction of sp³-hybridized carbons (Fsp3) is 0.214. The first-order chi connectivity index (χ1) is 7.68. The second-order valence-electron chi connectivity index (χ2n) is 3.65. The lowest BCUT2D eigenvalue weighted by molar-refractivity contribution is -0.131. The molecule has 0 amide bonds. The molecule has 0 spiro atoms. The molecule has 1 rings (SSSR count). The van der Waals surface area contributed by atoms with Gasteiger partial charge in [-0.3, -0.25) is 0 Å². The lowest BCUT2D eigenvalue weighted by Crippen LogP contribution is -1.88. The van der Waals surface area contributed by atoms with Crippen LogP contribution in [0.2, 0.25) is 0 Å². The molecule has 0 fully saturated rings. The summed E-state index contributed by atoms with van der Waals surface area (Å²) in [7, 11) is 0. The van der Waals surface area contributed by atoms with Gasteiger partial charge in [-0.05, 0) is 30.9 Å². The average Bonchev–Trinajstić information content (AvgIpc) is 2.25. The number of benzene rings is 1. The Labute approximate surface area is 95.9 Å². The molecule has 0 saturated heterocycles. The van der Waals surface area contributed by atoms with Crippen LogP contribution in [0.5, 0.6) is 0 Å². The summed E-state index contributed by atoms with van der Waals surface area (Å²) in [5.74, 6) is -0.898. The first-order valence-electron chi connectivity index (χ1n) is 5.30. The number of rotatable bonds is 5. The van der Waals surface area contributed by atoms with Crippen LogP contribution in [0.3, 0.4) is 0 Å². The minimum absolute atomic E-state index is 0.764. The van der Waals surface area contributed by atoms with Gasteiger partial charge < -0.3 is 5.11 Å². The van der Waals surface area contributed by atoms with Gasteiger partial charge in [0.1, 0.15) is 0 Å². The molecule has 0 atom stereocenters. The highest BCUT2D eigenvalue weighted by molar-refractivity contribution is 5.81. The van der Waals surface area contributed by atoms with Gasteiger partial charge in [-0.15, -0.1) is 0 Å². The quantitative estimate of drug-likeness (QED) is 0.606. The summed E-state index contributed by atoms with van der Waals surface area (Å²) in [5, 5.41) is 8.51. The highest BCUT2D eigenvalue weighted by Crippen LogP contribution is 2.04. The summed E-state index contributed by atoms with van der Waals surface area (Å²) in [5.41, 5.74) is 2.06. The topological polar surface area (TPSA) is 37.3 Å². The Morgan fingerprint density at radius 1 is 1.31 bits per heavy atom. The molecule has 0 aliphatic rings. The summed E-state index contributed by atoms with van der Waals surface area (Å²) in [6.45, 7) is 1.78. The highest BCUT2D eigenvalue weighted by Gasteiger charge is 1.90. The maximum atomic E-state index is 10.4. The van der Waals surface area contributed by atoms with E-state index in [0.29, 0.717) is 0 Å². The third-order valence-corrected chi connectivity index (χ3v) is 2.17. The molecule has 1 aromatic rings. The first-order valence-corrected chi connectivity index (χ1v) is 5.30. The van der Waals surface area contributed by atoms with Crippen LogP contribution < -0.4 is 0 Å². The summed E-state index contributed by atoms with van der Waals surface area (Å²) in [4.78, 5) is 10.4. The van der Waals surface area contributed by atoms with E-state index in [9.17, 15) is 4.79 Å². The van der Waals surface area contributed by atoms with E-state index in [1.165, 1.54) is 11.6 Å². The van der Waals surface area contributed by atoms with Crippen LogP contribution in [0.4, 0.5) is 0 Å². The van der Waals surface area contributed by atoms with Crippen LogP contribution in [-0.2, 0) is 11.2 Å². The molecule has 0 aromatic heterocycles. The van der Waals surface area contributed by atoms with Gasteiger partial charge in [0, 0.05) is 6.08 Å². The number of carbonyl (C=O) groups is 1. The Balaban J connectivity index is 2.36. The van der Waals surface area contributed by atoms with E-state index in [2.05, 4.69) is 12.1 Å². The van der Waals surface area contributed by atoms with Crippen molar-refractivity contribution in [2.75, 3.05) is 0 Å². The molecule has 0 radical (unpaired) electrons. The Kier molecular flexibility index (Phi) is 5.06. The largest absolute Gasteiger partial charge is 0.478 e. The second kappa shape index (κ2) is 6.62. The van der Waals surface area contributed by atoms with E-state index < -0.39 is 5.97 Å². The number of allylic oxidation sites excluding steroid dienone is 3. The van der Waals surface area contributed by atoms with Gasteiger partial charge in [-0.25, -0.2) is 4.79 Å². The zero-order chi connectivity index (χ0) is 11.8. The molecule has 1 N–H and O–H groups in total. The molecule has 1 aromatic carbocycles. The molecule has 0 heterocycles. The van der Waals surface area contributed by atoms with Crippen LogP contribution >= 0.6 is 0 Å². The van der Waals surface area contributed by atoms with Crippen molar-refractivity contribution < 1.29 is 9.90 Å². The van der Waals surface area contributed by atoms with Crippen molar-refractivity contribution in [2.45, 2.75) is 19.8 Å². The SMILES string of the molecule is CC(/C=C/CCc1ccccc1)=C\C(=O)O. The number of carboxylic acids is 1. The predicted molar refractivity (Wildman–Crippen MR) is 65.3 cm³/mol. The van der Waals surface area contributed by atoms with E-state index >= 15 is 0 Å². The normalized spacial score (nSPS) is 11.9. The number of hydrogen-bond donors (Lipinski definition) is 1. The van der Waals surface area contributed by atoms with Crippen molar-refractivity contribution in [3.8, 4) is 0 Å². The fourth-order valence-corrected chi connectivity index (χ4v) is 1.41. The van der Waals surface area contributed by atoms with Crippen LogP contribution in [0.15, 0.2) is 54.1 Å². The Morgan fingerprint density at radius 3 is 2.62 bits per heavy atom. The third-order valence-electron chi connectivity index (χ3n) is 2.17. The molecule has 2 nitrogen and oxygen atoms in total. The van der Waals surface area contributed by atoms with Gasteiger partial charge in [0.05, 0.1) is 0 Å². The van der Waals surface area contributed by atoms with Crippen molar-refractivity contribution in [3.63, 3.8) is 0 Å². The molecule has 0 aliphatic carbocycles. The van der Waals surface area contributed by atoms with Crippen molar-refractivity contribution in [2.24, 2.45) is 0 Å².